The third-order valence-corrected chi connectivity index (χ3v) is 2.74. The van der Waals surface area contributed by atoms with Gasteiger partial charge in [-0.1, -0.05) is 6.07 Å². The number of furan rings is 1. The van der Waals surface area contributed by atoms with Gasteiger partial charge in [-0.2, -0.15) is 0 Å². The molecule has 0 aromatic carbocycles. The van der Waals surface area contributed by atoms with Crippen molar-refractivity contribution in [2.45, 2.75) is 6.92 Å². The third-order valence-electron chi connectivity index (χ3n) is 2.74. The number of aryl methyl sites for hydroxylation is 1. The van der Waals surface area contributed by atoms with Crippen LogP contribution in [0.2, 0.25) is 0 Å². The number of aldehydes is 1. The number of pyridine rings is 1. The molecule has 0 bridgehead atoms. The molecule has 3 heterocycles. The summed E-state index contributed by atoms with van der Waals surface area (Å²) in [4.78, 5) is 15.3. The molecule has 0 aliphatic carbocycles. The van der Waals surface area contributed by atoms with E-state index >= 15 is 0 Å². The van der Waals surface area contributed by atoms with Crippen LogP contribution in [0, 0.1) is 6.92 Å². The molecule has 0 radical (unpaired) electrons. The number of rotatable bonds is 2. The van der Waals surface area contributed by atoms with Gasteiger partial charge < -0.3 is 4.42 Å². The van der Waals surface area contributed by atoms with Gasteiger partial charge in [0.1, 0.15) is 5.69 Å². The highest BCUT2D eigenvalue weighted by Gasteiger charge is 2.14. The van der Waals surface area contributed by atoms with Crippen molar-refractivity contribution in [3.63, 3.8) is 0 Å². The average molecular weight is 226 g/mol. The van der Waals surface area contributed by atoms with Crippen LogP contribution in [-0.2, 0) is 0 Å². The maximum Gasteiger partial charge on any atom is 0.181 e. The summed E-state index contributed by atoms with van der Waals surface area (Å²) in [5.41, 5.74) is 2.24. The SMILES string of the molecule is Cc1cccc2c(C=O)nc(-c3ccco3)n12. The molecular formula is C13H10N2O2. The highest BCUT2D eigenvalue weighted by molar-refractivity contribution is 5.85. The number of nitrogens with zero attached hydrogens (tertiary/aromatic N) is 2. The number of imidazole rings is 1. The minimum Gasteiger partial charge on any atom is -0.461 e. The van der Waals surface area contributed by atoms with Crippen LogP contribution in [0.3, 0.4) is 0 Å². The first-order valence-corrected chi connectivity index (χ1v) is 5.28. The molecule has 0 aliphatic heterocycles. The topological polar surface area (TPSA) is 47.5 Å². The van der Waals surface area contributed by atoms with Gasteiger partial charge in [-0.3, -0.25) is 9.20 Å². The van der Waals surface area contributed by atoms with Crippen molar-refractivity contribution in [1.29, 1.82) is 0 Å². The van der Waals surface area contributed by atoms with E-state index in [1.807, 2.05) is 35.6 Å². The lowest BCUT2D eigenvalue weighted by Gasteiger charge is -2.02. The van der Waals surface area contributed by atoms with E-state index < -0.39 is 0 Å². The van der Waals surface area contributed by atoms with Gasteiger partial charge in [-0.25, -0.2) is 4.98 Å². The number of fused-ring (bicyclic) bond motifs is 1. The van der Waals surface area contributed by atoms with Crippen LogP contribution >= 0.6 is 0 Å². The fourth-order valence-electron chi connectivity index (χ4n) is 1.98. The van der Waals surface area contributed by atoms with E-state index in [1.54, 1.807) is 12.3 Å². The second kappa shape index (κ2) is 3.59. The Morgan fingerprint density at radius 3 is 2.88 bits per heavy atom. The van der Waals surface area contributed by atoms with Crippen LogP contribution in [0.25, 0.3) is 17.1 Å². The van der Waals surface area contributed by atoms with E-state index in [-0.39, 0.29) is 0 Å². The molecule has 0 saturated heterocycles. The molecule has 0 amide bonds. The van der Waals surface area contributed by atoms with Crippen molar-refractivity contribution in [2.75, 3.05) is 0 Å². The molecule has 3 aromatic rings. The Kier molecular flexibility index (Phi) is 2.08. The van der Waals surface area contributed by atoms with Gasteiger partial charge in [0.15, 0.2) is 17.9 Å². The molecule has 4 nitrogen and oxygen atoms in total. The van der Waals surface area contributed by atoms with E-state index in [4.69, 9.17) is 4.42 Å². The molecule has 3 rings (SSSR count). The molecule has 0 aliphatic rings. The fraction of sp³-hybridized carbons (Fsp3) is 0.0769. The number of hydrogen-bond donors (Lipinski definition) is 0. The van der Waals surface area contributed by atoms with E-state index in [2.05, 4.69) is 4.98 Å². The minimum atomic E-state index is 0.431. The quantitative estimate of drug-likeness (QED) is 0.631. The third kappa shape index (κ3) is 1.38. The average Bonchev–Trinajstić information content (AvgIpc) is 2.95. The van der Waals surface area contributed by atoms with Crippen molar-refractivity contribution in [1.82, 2.24) is 9.38 Å². The normalized spacial score (nSPS) is 10.9. The molecule has 84 valence electrons. The Labute approximate surface area is 97.5 Å². The molecule has 0 saturated carbocycles. The summed E-state index contributed by atoms with van der Waals surface area (Å²) < 4.78 is 7.26. The van der Waals surface area contributed by atoms with Crippen LogP contribution in [0.15, 0.2) is 41.0 Å². The monoisotopic (exact) mass is 226 g/mol. The second-order valence-corrected chi connectivity index (χ2v) is 3.80. The predicted molar refractivity (Wildman–Crippen MR) is 63.0 cm³/mol. The molecule has 0 unspecified atom stereocenters. The molecular weight excluding hydrogens is 216 g/mol. The summed E-state index contributed by atoms with van der Waals surface area (Å²) in [6, 6.07) is 9.38. The van der Waals surface area contributed by atoms with Gasteiger partial charge >= 0.3 is 0 Å². The Hall–Kier alpha value is -2.36. The lowest BCUT2D eigenvalue weighted by atomic mass is 10.3. The molecule has 0 N–H and O–H groups in total. The van der Waals surface area contributed by atoms with Gasteiger partial charge in [0.2, 0.25) is 0 Å². The van der Waals surface area contributed by atoms with Crippen LogP contribution in [0.1, 0.15) is 16.2 Å². The highest BCUT2D eigenvalue weighted by Crippen LogP contribution is 2.23. The first-order chi connectivity index (χ1) is 8.31. The summed E-state index contributed by atoms with van der Waals surface area (Å²) >= 11 is 0. The van der Waals surface area contributed by atoms with E-state index in [1.165, 1.54) is 0 Å². The zero-order valence-corrected chi connectivity index (χ0v) is 9.25. The summed E-state index contributed by atoms with van der Waals surface area (Å²) in [6.07, 6.45) is 2.36. The summed E-state index contributed by atoms with van der Waals surface area (Å²) in [5.74, 6) is 1.31. The molecule has 17 heavy (non-hydrogen) atoms. The van der Waals surface area contributed by atoms with Crippen LogP contribution in [-0.4, -0.2) is 15.7 Å². The van der Waals surface area contributed by atoms with Crippen LogP contribution in [0.4, 0.5) is 0 Å². The lowest BCUT2D eigenvalue weighted by molar-refractivity contribution is 0.112. The summed E-state index contributed by atoms with van der Waals surface area (Å²) in [7, 11) is 0. The van der Waals surface area contributed by atoms with Crippen molar-refractivity contribution < 1.29 is 9.21 Å². The largest absolute Gasteiger partial charge is 0.461 e. The predicted octanol–water partition coefficient (Wildman–Crippen LogP) is 2.72. The minimum absolute atomic E-state index is 0.431. The zero-order valence-electron chi connectivity index (χ0n) is 9.25. The van der Waals surface area contributed by atoms with E-state index in [0.29, 0.717) is 17.3 Å². The second-order valence-electron chi connectivity index (χ2n) is 3.80. The van der Waals surface area contributed by atoms with Gasteiger partial charge in [0.25, 0.3) is 0 Å². The number of carbonyl (C=O) groups excluding carboxylic acids is 1. The Bertz CT molecular complexity index is 681. The molecule has 0 spiro atoms. The Morgan fingerprint density at radius 1 is 1.29 bits per heavy atom. The van der Waals surface area contributed by atoms with Gasteiger partial charge in [-0.15, -0.1) is 0 Å². The highest BCUT2D eigenvalue weighted by atomic mass is 16.3. The lowest BCUT2D eigenvalue weighted by Crippen LogP contribution is -1.92. The molecule has 0 fully saturated rings. The smallest absolute Gasteiger partial charge is 0.181 e. The van der Waals surface area contributed by atoms with E-state index in [0.717, 1.165) is 17.5 Å². The Morgan fingerprint density at radius 2 is 2.18 bits per heavy atom. The van der Waals surface area contributed by atoms with Gasteiger partial charge in [0, 0.05) is 5.69 Å². The van der Waals surface area contributed by atoms with Crippen molar-refractivity contribution in [2.24, 2.45) is 0 Å². The Balaban J connectivity index is 2.43. The van der Waals surface area contributed by atoms with Crippen molar-refractivity contribution in [3.05, 3.63) is 48.0 Å². The zero-order chi connectivity index (χ0) is 11.8. The molecule has 0 atom stereocenters. The number of aromatic nitrogens is 2. The van der Waals surface area contributed by atoms with Gasteiger partial charge in [-0.05, 0) is 31.2 Å². The molecule has 4 heteroatoms. The standard InChI is InChI=1S/C13H10N2O2/c1-9-4-2-5-11-10(8-16)14-13(15(9)11)12-6-3-7-17-12/h2-8H,1H3. The summed E-state index contributed by atoms with van der Waals surface area (Å²) in [6.45, 7) is 1.97. The first-order valence-electron chi connectivity index (χ1n) is 5.28. The number of hydrogen-bond acceptors (Lipinski definition) is 3. The number of carbonyl (C=O) groups is 1. The maximum absolute atomic E-state index is 11.0. The van der Waals surface area contributed by atoms with E-state index in [9.17, 15) is 4.79 Å². The van der Waals surface area contributed by atoms with Gasteiger partial charge in [0.05, 0.1) is 11.8 Å². The summed E-state index contributed by atoms with van der Waals surface area (Å²) in [5, 5.41) is 0. The van der Waals surface area contributed by atoms with Crippen molar-refractivity contribution >= 4 is 11.8 Å². The van der Waals surface area contributed by atoms with Crippen LogP contribution < -0.4 is 0 Å². The first kappa shape index (κ1) is 9.84. The van der Waals surface area contributed by atoms with Crippen molar-refractivity contribution in [3.8, 4) is 11.6 Å². The van der Waals surface area contributed by atoms with Crippen LogP contribution in [0.5, 0.6) is 0 Å². The fourth-order valence-corrected chi connectivity index (χ4v) is 1.98. The molecule has 3 aromatic heterocycles. The maximum atomic E-state index is 11.0.